The summed E-state index contributed by atoms with van der Waals surface area (Å²) in [6.07, 6.45) is 11.8. The van der Waals surface area contributed by atoms with E-state index in [2.05, 4.69) is 15.0 Å². The van der Waals surface area contributed by atoms with Crippen molar-refractivity contribution in [2.24, 2.45) is 11.7 Å². The summed E-state index contributed by atoms with van der Waals surface area (Å²) in [5.41, 5.74) is 6.26. The normalized spacial score (nSPS) is 25.8. The zero-order valence-electron chi connectivity index (χ0n) is 13.8. The van der Waals surface area contributed by atoms with Gasteiger partial charge in [0.05, 0.1) is 18.5 Å². The Hall–Kier alpha value is -1.99. The summed E-state index contributed by atoms with van der Waals surface area (Å²) in [5, 5.41) is 4.22. The van der Waals surface area contributed by atoms with Crippen molar-refractivity contribution < 1.29 is 4.74 Å². The van der Waals surface area contributed by atoms with Gasteiger partial charge in [0.25, 0.3) is 0 Å². The van der Waals surface area contributed by atoms with Gasteiger partial charge in [0.1, 0.15) is 5.82 Å². The highest BCUT2D eigenvalue weighted by atomic mass is 16.5. The van der Waals surface area contributed by atoms with Gasteiger partial charge in [0.15, 0.2) is 5.82 Å². The minimum absolute atomic E-state index is 0.193. The Morgan fingerprint density at radius 1 is 1.12 bits per heavy atom. The van der Waals surface area contributed by atoms with Crippen molar-refractivity contribution in [3.05, 3.63) is 30.9 Å². The molecule has 2 aliphatic rings. The maximum absolute atomic E-state index is 6.26. The molecule has 2 atom stereocenters. The van der Waals surface area contributed by atoms with Crippen molar-refractivity contribution in [2.75, 3.05) is 24.6 Å². The third-order valence-electron chi connectivity index (χ3n) is 5.09. The first-order valence-corrected chi connectivity index (χ1v) is 8.75. The van der Waals surface area contributed by atoms with Crippen LogP contribution in [0.5, 0.6) is 0 Å². The third-order valence-corrected chi connectivity index (χ3v) is 5.09. The van der Waals surface area contributed by atoms with E-state index in [-0.39, 0.29) is 12.1 Å². The Morgan fingerprint density at radius 2 is 1.96 bits per heavy atom. The molecular formula is C17H24N6O. The van der Waals surface area contributed by atoms with E-state index >= 15 is 0 Å². The second-order valence-corrected chi connectivity index (χ2v) is 6.65. The number of nitrogens with zero attached hydrogens (tertiary/aromatic N) is 5. The summed E-state index contributed by atoms with van der Waals surface area (Å²) in [6.45, 7) is 2.79. The van der Waals surface area contributed by atoms with Crippen LogP contribution in [0.1, 0.15) is 25.7 Å². The van der Waals surface area contributed by atoms with Crippen LogP contribution >= 0.6 is 0 Å². The van der Waals surface area contributed by atoms with E-state index in [0.717, 1.165) is 57.0 Å². The van der Waals surface area contributed by atoms with E-state index in [1.165, 1.54) is 0 Å². The predicted octanol–water partition coefficient (Wildman–Crippen LogP) is 1.38. The van der Waals surface area contributed by atoms with Gasteiger partial charge in [-0.1, -0.05) is 0 Å². The van der Waals surface area contributed by atoms with Crippen LogP contribution in [0.4, 0.5) is 5.82 Å². The molecule has 0 spiro atoms. The summed E-state index contributed by atoms with van der Waals surface area (Å²) in [6, 6.07) is 2.08. The fraction of sp³-hybridized carbons (Fsp3) is 0.588. The standard InChI is InChI=1S/C17H24N6O/c18-14-3-1-10-24-17(14)13-4-8-22(9-5-13)15-11-19-12-16(21-15)23-7-2-6-20-23/h2,6-7,11-14,17H,1,3-5,8-10,18H2/t14-,17+/m1/s1. The minimum atomic E-state index is 0.193. The molecule has 4 heterocycles. The van der Waals surface area contributed by atoms with Crippen LogP contribution in [0.3, 0.4) is 0 Å². The van der Waals surface area contributed by atoms with Crippen molar-refractivity contribution in [2.45, 2.75) is 37.8 Å². The molecule has 2 saturated heterocycles. The molecule has 0 unspecified atom stereocenters. The van der Waals surface area contributed by atoms with Crippen LogP contribution in [0.15, 0.2) is 30.9 Å². The Balaban J connectivity index is 1.42. The number of rotatable bonds is 3. The lowest BCUT2D eigenvalue weighted by Gasteiger charge is -2.40. The van der Waals surface area contributed by atoms with E-state index in [9.17, 15) is 0 Å². The highest BCUT2D eigenvalue weighted by Crippen LogP contribution is 2.29. The number of anilines is 1. The predicted molar refractivity (Wildman–Crippen MR) is 91.0 cm³/mol. The second-order valence-electron chi connectivity index (χ2n) is 6.65. The first kappa shape index (κ1) is 15.5. The number of aromatic nitrogens is 4. The molecule has 0 radical (unpaired) electrons. The van der Waals surface area contributed by atoms with E-state index in [1.807, 2.05) is 18.5 Å². The van der Waals surface area contributed by atoms with Crippen molar-refractivity contribution in [1.82, 2.24) is 19.7 Å². The van der Waals surface area contributed by atoms with Gasteiger partial charge in [-0.3, -0.25) is 4.98 Å². The summed E-state index contributed by atoms with van der Waals surface area (Å²) in [7, 11) is 0. The SMILES string of the molecule is N[C@@H]1CCCO[C@H]1C1CCN(c2cncc(-n3cccn3)n2)CC1. The number of hydrogen-bond acceptors (Lipinski definition) is 6. The van der Waals surface area contributed by atoms with E-state index in [1.54, 1.807) is 17.1 Å². The maximum Gasteiger partial charge on any atom is 0.173 e. The van der Waals surface area contributed by atoms with Crippen LogP contribution < -0.4 is 10.6 Å². The van der Waals surface area contributed by atoms with Gasteiger partial charge in [-0.2, -0.15) is 5.10 Å². The molecule has 0 saturated carbocycles. The van der Waals surface area contributed by atoms with Crippen molar-refractivity contribution in [3.8, 4) is 5.82 Å². The molecule has 24 heavy (non-hydrogen) atoms. The van der Waals surface area contributed by atoms with Crippen LogP contribution in [0.25, 0.3) is 5.82 Å². The zero-order chi connectivity index (χ0) is 16.4. The molecule has 0 aliphatic carbocycles. The number of piperidine rings is 1. The Labute approximate surface area is 141 Å². The van der Waals surface area contributed by atoms with Crippen molar-refractivity contribution in [3.63, 3.8) is 0 Å². The van der Waals surface area contributed by atoms with Gasteiger partial charge < -0.3 is 15.4 Å². The van der Waals surface area contributed by atoms with Crippen LogP contribution in [-0.2, 0) is 4.74 Å². The first-order chi connectivity index (χ1) is 11.8. The quantitative estimate of drug-likeness (QED) is 0.917. The molecule has 2 N–H and O–H groups in total. The molecule has 0 aromatic carbocycles. The fourth-order valence-corrected chi connectivity index (χ4v) is 3.78. The van der Waals surface area contributed by atoms with E-state index in [4.69, 9.17) is 15.5 Å². The highest BCUT2D eigenvalue weighted by molar-refractivity contribution is 5.39. The smallest absolute Gasteiger partial charge is 0.173 e. The summed E-state index contributed by atoms with van der Waals surface area (Å²) >= 11 is 0. The van der Waals surface area contributed by atoms with E-state index < -0.39 is 0 Å². The lowest BCUT2D eigenvalue weighted by molar-refractivity contribution is -0.0400. The van der Waals surface area contributed by atoms with Crippen LogP contribution in [-0.4, -0.2) is 51.6 Å². The summed E-state index contributed by atoms with van der Waals surface area (Å²) in [4.78, 5) is 11.3. The molecule has 7 nitrogen and oxygen atoms in total. The molecule has 2 aliphatic heterocycles. The highest BCUT2D eigenvalue weighted by Gasteiger charge is 2.33. The second kappa shape index (κ2) is 6.86. The average Bonchev–Trinajstić information content (AvgIpc) is 3.17. The lowest BCUT2D eigenvalue weighted by Crippen LogP contribution is -2.49. The number of nitrogens with two attached hydrogens (primary N) is 1. The molecular weight excluding hydrogens is 304 g/mol. The molecule has 2 aromatic rings. The zero-order valence-corrected chi connectivity index (χ0v) is 13.8. The molecule has 2 fully saturated rings. The average molecular weight is 328 g/mol. The van der Waals surface area contributed by atoms with Crippen molar-refractivity contribution in [1.29, 1.82) is 0 Å². The molecule has 2 aromatic heterocycles. The molecule has 7 heteroatoms. The number of ether oxygens (including phenoxy) is 1. The summed E-state index contributed by atoms with van der Waals surface area (Å²) < 4.78 is 7.69. The van der Waals surface area contributed by atoms with Gasteiger partial charge in [-0.25, -0.2) is 9.67 Å². The third kappa shape index (κ3) is 3.14. The van der Waals surface area contributed by atoms with Crippen molar-refractivity contribution >= 4 is 5.82 Å². The first-order valence-electron chi connectivity index (χ1n) is 8.75. The Morgan fingerprint density at radius 3 is 2.71 bits per heavy atom. The Kier molecular flexibility index (Phi) is 4.44. The van der Waals surface area contributed by atoms with Crippen LogP contribution in [0.2, 0.25) is 0 Å². The van der Waals surface area contributed by atoms with Gasteiger partial charge in [-0.15, -0.1) is 0 Å². The molecule has 128 valence electrons. The van der Waals surface area contributed by atoms with Gasteiger partial charge in [0, 0.05) is 38.1 Å². The number of hydrogen-bond donors (Lipinski definition) is 1. The Bertz CT molecular complexity index is 653. The lowest BCUT2D eigenvalue weighted by atomic mass is 9.85. The minimum Gasteiger partial charge on any atom is -0.376 e. The van der Waals surface area contributed by atoms with Gasteiger partial charge in [-0.05, 0) is 37.7 Å². The van der Waals surface area contributed by atoms with E-state index in [0.29, 0.717) is 5.92 Å². The monoisotopic (exact) mass is 328 g/mol. The topological polar surface area (TPSA) is 82.1 Å². The fourth-order valence-electron chi connectivity index (χ4n) is 3.78. The van der Waals surface area contributed by atoms with Gasteiger partial charge in [0.2, 0.25) is 0 Å². The molecule has 0 bridgehead atoms. The molecule has 0 amide bonds. The van der Waals surface area contributed by atoms with Gasteiger partial charge >= 0.3 is 0 Å². The van der Waals surface area contributed by atoms with Crippen LogP contribution in [0, 0.1) is 5.92 Å². The largest absolute Gasteiger partial charge is 0.376 e. The summed E-state index contributed by atoms with van der Waals surface area (Å²) in [5.74, 6) is 2.21. The maximum atomic E-state index is 6.26. The molecule has 4 rings (SSSR count).